The van der Waals surface area contributed by atoms with Gasteiger partial charge in [0.15, 0.2) is 0 Å². The summed E-state index contributed by atoms with van der Waals surface area (Å²) in [5.41, 5.74) is 6.77. The first-order chi connectivity index (χ1) is 15.1. The zero-order valence-electron chi connectivity index (χ0n) is 17.2. The summed E-state index contributed by atoms with van der Waals surface area (Å²) in [6.07, 6.45) is 0.356. The summed E-state index contributed by atoms with van der Waals surface area (Å²) in [7, 11) is 0. The minimum absolute atomic E-state index is 0.0894. The van der Waals surface area contributed by atoms with Crippen LogP contribution in [-0.2, 0) is 30.4 Å². The molecule has 1 aromatic carbocycles. The van der Waals surface area contributed by atoms with Crippen molar-refractivity contribution < 1.29 is 39.3 Å². The van der Waals surface area contributed by atoms with Gasteiger partial charge in [0.1, 0.15) is 17.8 Å². The Labute approximate surface area is 183 Å². The van der Waals surface area contributed by atoms with Crippen molar-refractivity contribution in [3.05, 3.63) is 29.8 Å². The summed E-state index contributed by atoms with van der Waals surface area (Å²) in [4.78, 5) is 60.2. The Morgan fingerprint density at radius 3 is 2.38 bits per heavy atom. The summed E-state index contributed by atoms with van der Waals surface area (Å²) in [5, 5.41) is 31.4. The van der Waals surface area contributed by atoms with E-state index in [-0.39, 0.29) is 12.2 Å². The van der Waals surface area contributed by atoms with Crippen molar-refractivity contribution >= 4 is 29.7 Å². The molecule has 12 heteroatoms. The Balaban J connectivity index is 1.89. The SMILES string of the molecule is NC(Cc1ccc(O)cc1)C(=O)N1CCCC1C(=O)NCC(=O)NC(CC(=O)O)C(=O)O. The average molecular weight is 450 g/mol. The first kappa shape index (κ1) is 24.6. The van der Waals surface area contributed by atoms with Crippen LogP contribution in [0.4, 0.5) is 0 Å². The molecule has 3 unspecified atom stereocenters. The van der Waals surface area contributed by atoms with E-state index >= 15 is 0 Å². The number of carboxylic acids is 2. The number of benzene rings is 1. The maximum absolute atomic E-state index is 12.8. The van der Waals surface area contributed by atoms with E-state index in [9.17, 15) is 29.1 Å². The molecule has 0 spiro atoms. The smallest absolute Gasteiger partial charge is 0.326 e. The number of aromatic hydroxyl groups is 1. The number of carbonyl (C=O) groups is 5. The number of amides is 3. The molecule has 1 heterocycles. The topological polar surface area (TPSA) is 199 Å². The maximum Gasteiger partial charge on any atom is 0.326 e. The van der Waals surface area contributed by atoms with Crippen molar-refractivity contribution in [1.82, 2.24) is 15.5 Å². The van der Waals surface area contributed by atoms with Gasteiger partial charge in [0, 0.05) is 6.54 Å². The number of hydrogen-bond donors (Lipinski definition) is 6. The first-order valence-electron chi connectivity index (χ1n) is 9.94. The van der Waals surface area contributed by atoms with E-state index in [1.807, 2.05) is 5.32 Å². The molecule has 3 atom stereocenters. The molecule has 0 aromatic heterocycles. The molecular formula is C20H26N4O8. The minimum Gasteiger partial charge on any atom is -0.508 e. The third-order valence-corrected chi connectivity index (χ3v) is 4.98. The van der Waals surface area contributed by atoms with E-state index in [2.05, 4.69) is 5.32 Å². The summed E-state index contributed by atoms with van der Waals surface area (Å²) in [5.74, 6) is -4.70. The second-order valence-electron chi connectivity index (χ2n) is 7.44. The summed E-state index contributed by atoms with van der Waals surface area (Å²) in [6.45, 7) is -0.244. The number of carbonyl (C=O) groups excluding carboxylic acids is 3. The normalized spacial score (nSPS) is 17.3. The molecule has 0 radical (unpaired) electrons. The van der Waals surface area contributed by atoms with Crippen LogP contribution in [0.2, 0.25) is 0 Å². The lowest BCUT2D eigenvalue weighted by atomic mass is 10.0. The fourth-order valence-electron chi connectivity index (χ4n) is 3.39. The first-order valence-corrected chi connectivity index (χ1v) is 9.94. The third-order valence-electron chi connectivity index (χ3n) is 4.98. The summed E-state index contributed by atoms with van der Waals surface area (Å²) in [6, 6.07) is 2.90. The van der Waals surface area contributed by atoms with Crippen LogP contribution in [0.25, 0.3) is 0 Å². The number of carboxylic acid groups (broad SMARTS) is 2. The van der Waals surface area contributed by atoms with Crippen molar-refractivity contribution in [3.8, 4) is 5.75 Å². The van der Waals surface area contributed by atoms with Gasteiger partial charge in [0.05, 0.1) is 19.0 Å². The number of nitrogens with one attached hydrogen (secondary N) is 2. The molecule has 3 amide bonds. The quantitative estimate of drug-likeness (QED) is 0.243. The number of hydrogen-bond acceptors (Lipinski definition) is 7. The summed E-state index contributed by atoms with van der Waals surface area (Å²) >= 11 is 0. The highest BCUT2D eigenvalue weighted by molar-refractivity contribution is 5.93. The molecule has 1 aromatic rings. The van der Waals surface area contributed by atoms with Gasteiger partial charge in [-0.1, -0.05) is 12.1 Å². The lowest BCUT2D eigenvalue weighted by Crippen LogP contribution is -2.53. The largest absolute Gasteiger partial charge is 0.508 e. The number of nitrogens with two attached hydrogens (primary N) is 1. The summed E-state index contributed by atoms with van der Waals surface area (Å²) < 4.78 is 0. The van der Waals surface area contributed by atoms with Crippen LogP contribution in [0.3, 0.4) is 0 Å². The standard InChI is InChI=1S/C20H26N4O8/c21-13(8-11-3-5-12(25)6-4-11)19(30)24-7-1-2-15(24)18(29)22-10-16(26)23-14(20(31)32)9-17(27)28/h3-6,13-15,25H,1-2,7-10,21H2,(H,22,29)(H,23,26)(H,27,28)(H,31,32). The Hall–Kier alpha value is -3.67. The van der Waals surface area contributed by atoms with E-state index in [0.717, 1.165) is 5.56 Å². The van der Waals surface area contributed by atoms with Gasteiger partial charge >= 0.3 is 11.9 Å². The molecule has 0 saturated carbocycles. The van der Waals surface area contributed by atoms with Crippen LogP contribution in [0.5, 0.6) is 5.75 Å². The molecule has 7 N–H and O–H groups in total. The molecule has 1 aliphatic rings. The highest BCUT2D eigenvalue weighted by atomic mass is 16.4. The second-order valence-corrected chi connectivity index (χ2v) is 7.44. The zero-order chi connectivity index (χ0) is 23.8. The third kappa shape index (κ3) is 6.94. The fourth-order valence-corrected chi connectivity index (χ4v) is 3.39. The lowest BCUT2D eigenvalue weighted by Gasteiger charge is -2.26. The number of phenols is 1. The Morgan fingerprint density at radius 2 is 1.78 bits per heavy atom. The van der Waals surface area contributed by atoms with Gasteiger partial charge < -0.3 is 36.6 Å². The van der Waals surface area contributed by atoms with Gasteiger partial charge in [-0.15, -0.1) is 0 Å². The highest BCUT2D eigenvalue weighted by Gasteiger charge is 2.36. The van der Waals surface area contributed by atoms with E-state index in [4.69, 9.17) is 15.9 Å². The lowest BCUT2D eigenvalue weighted by molar-refractivity contribution is -0.147. The molecular weight excluding hydrogens is 424 g/mol. The molecule has 1 aliphatic heterocycles. The maximum atomic E-state index is 12.8. The molecule has 1 saturated heterocycles. The number of nitrogens with zero attached hydrogens (tertiary/aromatic N) is 1. The van der Waals surface area contributed by atoms with Gasteiger partial charge in [0.25, 0.3) is 0 Å². The van der Waals surface area contributed by atoms with E-state index in [0.29, 0.717) is 19.4 Å². The molecule has 0 bridgehead atoms. The van der Waals surface area contributed by atoms with E-state index in [1.54, 1.807) is 12.1 Å². The number of phenolic OH excluding ortho intramolecular Hbond substituents is 1. The van der Waals surface area contributed by atoms with Crippen molar-refractivity contribution in [3.63, 3.8) is 0 Å². The molecule has 32 heavy (non-hydrogen) atoms. The van der Waals surface area contributed by atoms with Crippen molar-refractivity contribution in [2.24, 2.45) is 5.73 Å². The molecule has 0 aliphatic carbocycles. The van der Waals surface area contributed by atoms with Crippen LogP contribution in [0.15, 0.2) is 24.3 Å². The minimum atomic E-state index is -1.63. The van der Waals surface area contributed by atoms with Crippen molar-refractivity contribution in [2.45, 2.75) is 43.8 Å². The van der Waals surface area contributed by atoms with Crippen LogP contribution < -0.4 is 16.4 Å². The molecule has 1 fully saturated rings. The zero-order valence-corrected chi connectivity index (χ0v) is 17.2. The predicted molar refractivity (Wildman–Crippen MR) is 109 cm³/mol. The van der Waals surface area contributed by atoms with Gasteiger partial charge in [-0.3, -0.25) is 19.2 Å². The Morgan fingerprint density at radius 1 is 1.12 bits per heavy atom. The molecule has 174 valence electrons. The average Bonchev–Trinajstić information content (AvgIpc) is 3.22. The van der Waals surface area contributed by atoms with Crippen molar-refractivity contribution in [2.75, 3.05) is 13.1 Å². The van der Waals surface area contributed by atoms with Crippen LogP contribution in [0.1, 0.15) is 24.8 Å². The highest BCUT2D eigenvalue weighted by Crippen LogP contribution is 2.19. The van der Waals surface area contributed by atoms with Gasteiger partial charge in [-0.2, -0.15) is 0 Å². The van der Waals surface area contributed by atoms with Crippen LogP contribution >= 0.6 is 0 Å². The Bertz CT molecular complexity index is 873. The number of aliphatic carboxylic acids is 2. The van der Waals surface area contributed by atoms with Crippen molar-refractivity contribution in [1.29, 1.82) is 0 Å². The van der Waals surface area contributed by atoms with Crippen LogP contribution in [-0.4, -0.2) is 81.1 Å². The van der Waals surface area contributed by atoms with Gasteiger partial charge in [-0.25, -0.2) is 4.79 Å². The monoisotopic (exact) mass is 450 g/mol. The predicted octanol–water partition coefficient (Wildman–Crippen LogP) is -1.59. The van der Waals surface area contributed by atoms with Crippen LogP contribution in [0, 0.1) is 0 Å². The van der Waals surface area contributed by atoms with Gasteiger partial charge in [-0.05, 0) is 37.0 Å². The number of likely N-dealkylation sites (tertiary alicyclic amines) is 1. The Kier molecular flexibility index (Phi) is 8.53. The van der Waals surface area contributed by atoms with E-state index in [1.165, 1.54) is 17.0 Å². The molecule has 12 nitrogen and oxygen atoms in total. The second kappa shape index (κ2) is 11.1. The van der Waals surface area contributed by atoms with E-state index < -0.39 is 60.8 Å². The molecule has 2 rings (SSSR count). The fraction of sp³-hybridized carbons (Fsp3) is 0.450. The van der Waals surface area contributed by atoms with Gasteiger partial charge in [0.2, 0.25) is 17.7 Å². The number of rotatable bonds is 10.